The fraction of sp³-hybridized carbons (Fsp3) is 0.250. The van der Waals surface area contributed by atoms with Gasteiger partial charge in [-0.1, -0.05) is 17.7 Å². The van der Waals surface area contributed by atoms with E-state index in [1.165, 1.54) is 7.11 Å². The maximum atomic E-state index is 12.2. The molecule has 0 atom stereocenters. The summed E-state index contributed by atoms with van der Waals surface area (Å²) in [5.74, 6) is 0.720. The number of ether oxygens (including phenoxy) is 2. The first-order valence-electron chi connectivity index (χ1n) is 8.61. The third-order valence-corrected chi connectivity index (χ3v) is 4.10. The van der Waals surface area contributed by atoms with Gasteiger partial charge < -0.3 is 20.1 Å². The minimum absolute atomic E-state index is 0.130. The zero-order valence-corrected chi connectivity index (χ0v) is 17.1. The molecule has 0 unspecified atom stereocenters. The summed E-state index contributed by atoms with van der Waals surface area (Å²) in [5, 5.41) is 10.0. The minimum atomic E-state index is -0.246. The molecule has 28 heavy (non-hydrogen) atoms. The smallest absolute Gasteiger partial charge is 0.262 e. The highest BCUT2D eigenvalue weighted by molar-refractivity contribution is 7.80. The number of hydrazone groups is 1. The number of thiocarbonyl (C=S) groups is 1. The summed E-state index contributed by atoms with van der Waals surface area (Å²) in [6.45, 7) is 3.83. The number of amides is 1. The van der Waals surface area contributed by atoms with Crippen LogP contribution in [0.25, 0.3) is 0 Å². The molecule has 0 aliphatic heterocycles. The van der Waals surface area contributed by atoms with E-state index >= 15 is 0 Å². The second-order valence-corrected chi connectivity index (χ2v) is 6.42. The molecular formula is C20H24N4O3S. The number of benzene rings is 2. The number of hydrogen-bond acceptors (Lipinski definition) is 5. The van der Waals surface area contributed by atoms with Gasteiger partial charge in [-0.15, -0.1) is 0 Å². The van der Waals surface area contributed by atoms with Crippen LogP contribution in [-0.2, 0) is 4.79 Å². The lowest BCUT2D eigenvalue weighted by molar-refractivity contribution is -0.118. The molecule has 0 fully saturated rings. The van der Waals surface area contributed by atoms with Gasteiger partial charge in [0.25, 0.3) is 5.91 Å². The Morgan fingerprint density at radius 3 is 2.64 bits per heavy atom. The lowest BCUT2D eigenvalue weighted by atomic mass is 10.1. The molecule has 0 saturated heterocycles. The summed E-state index contributed by atoms with van der Waals surface area (Å²) in [6.07, 6.45) is 1.60. The predicted molar refractivity (Wildman–Crippen MR) is 115 cm³/mol. The number of nitrogens with one attached hydrogen (secondary N) is 3. The zero-order chi connectivity index (χ0) is 20.5. The van der Waals surface area contributed by atoms with Gasteiger partial charge in [0.05, 0.1) is 13.3 Å². The van der Waals surface area contributed by atoms with E-state index in [0.717, 1.165) is 22.4 Å². The topological polar surface area (TPSA) is 84.0 Å². The Hall–Kier alpha value is -3.13. The van der Waals surface area contributed by atoms with Crippen molar-refractivity contribution in [2.24, 2.45) is 5.10 Å². The van der Waals surface area contributed by atoms with Crippen molar-refractivity contribution >= 4 is 35.1 Å². The summed E-state index contributed by atoms with van der Waals surface area (Å²) in [5.41, 5.74) is 6.37. The van der Waals surface area contributed by atoms with E-state index in [4.69, 9.17) is 21.7 Å². The molecule has 1 amide bonds. The molecule has 2 rings (SSSR count). The molecular weight excluding hydrogens is 376 g/mol. The third-order valence-electron chi connectivity index (χ3n) is 3.81. The van der Waals surface area contributed by atoms with Gasteiger partial charge in [0.2, 0.25) is 0 Å². The van der Waals surface area contributed by atoms with Gasteiger partial charge in [0.15, 0.2) is 23.2 Å². The molecule has 0 spiro atoms. The highest BCUT2D eigenvalue weighted by Gasteiger charge is 2.10. The fourth-order valence-corrected chi connectivity index (χ4v) is 2.44. The molecule has 7 nitrogen and oxygen atoms in total. The van der Waals surface area contributed by atoms with Gasteiger partial charge in [-0.3, -0.25) is 10.2 Å². The normalized spacial score (nSPS) is 10.4. The van der Waals surface area contributed by atoms with E-state index in [1.807, 2.05) is 32.0 Å². The first kappa shape index (κ1) is 21.2. The van der Waals surface area contributed by atoms with Gasteiger partial charge in [-0.2, -0.15) is 5.10 Å². The Kier molecular flexibility index (Phi) is 7.76. The number of aryl methyl sites for hydroxylation is 2. The van der Waals surface area contributed by atoms with Crippen LogP contribution in [0.5, 0.6) is 11.5 Å². The number of rotatable bonds is 7. The van der Waals surface area contributed by atoms with Gasteiger partial charge in [-0.05, 0) is 61.5 Å². The Morgan fingerprint density at radius 2 is 1.96 bits per heavy atom. The van der Waals surface area contributed by atoms with Crippen molar-refractivity contribution in [2.45, 2.75) is 13.8 Å². The highest BCUT2D eigenvalue weighted by atomic mass is 32.1. The van der Waals surface area contributed by atoms with Gasteiger partial charge in [0, 0.05) is 12.7 Å². The Bertz CT molecular complexity index is 884. The number of hydrogen-bond donors (Lipinski definition) is 3. The van der Waals surface area contributed by atoms with E-state index in [-0.39, 0.29) is 12.5 Å². The average molecular weight is 401 g/mol. The molecule has 0 heterocycles. The number of anilines is 1. The van der Waals surface area contributed by atoms with Crippen LogP contribution in [0.4, 0.5) is 5.69 Å². The van der Waals surface area contributed by atoms with Crippen LogP contribution in [0.3, 0.4) is 0 Å². The van der Waals surface area contributed by atoms with Crippen LogP contribution in [0.15, 0.2) is 41.5 Å². The van der Waals surface area contributed by atoms with Crippen molar-refractivity contribution in [2.75, 3.05) is 26.1 Å². The summed E-state index contributed by atoms with van der Waals surface area (Å²) >= 11 is 4.94. The first-order chi connectivity index (χ1) is 13.4. The molecule has 0 saturated carbocycles. The summed E-state index contributed by atoms with van der Waals surface area (Å²) in [6, 6.07) is 11.1. The maximum absolute atomic E-state index is 12.2. The largest absolute Gasteiger partial charge is 0.493 e. The SMILES string of the molecule is CNC(=S)N/N=C/c1ccc(OCC(=O)Nc2ccc(C)cc2C)c(OC)c1. The third kappa shape index (κ3) is 6.24. The van der Waals surface area contributed by atoms with Crippen molar-refractivity contribution in [1.29, 1.82) is 0 Å². The molecule has 8 heteroatoms. The van der Waals surface area contributed by atoms with E-state index in [0.29, 0.717) is 16.6 Å². The number of carbonyl (C=O) groups excluding carboxylic acids is 1. The minimum Gasteiger partial charge on any atom is -0.493 e. The molecule has 3 N–H and O–H groups in total. The number of nitrogens with zero attached hydrogens (tertiary/aromatic N) is 1. The Balaban J connectivity index is 1.97. The quantitative estimate of drug-likeness (QED) is 0.377. The van der Waals surface area contributed by atoms with Gasteiger partial charge in [0.1, 0.15) is 0 Å². The average Bonchev–Trinajstić information content (AvgIpc) is 2.68. The van der Waals surface area contributed by atoms with Crippen LogP contribution in [0.2, 0.25) is 0 Å². The fourth-order valence-electron chi connectivity index (χ4n) is 2.39. The van der Waals surface area contributed by atoms with Crippen molar-refractivity contribution < 1.29 is 14.3 Å². The molecule has 0 aliphatic carbocycles. The van der Waals surface area contributed by atoms with Crippen LogP contribution in [0, 0.1) is 13.8 Å². The van der Waals surface area contributed by atoms with Crippen molar-refractivity contribution in [3.05, 3.63) is 53.1 Å². The van der Waals surface area contributed by atoms with Crippen LogP contribution in [-0.4, -0.2) is 38.0 Å². The second-order valence-electron chi connectivity index (χ2n) is 6.01. The van der Waals surface area contributed by atoms with Crippen molar-refractivity contribution in [3.8, 4) is 11.5 Å². The number of methoxy groups -OCH3 is 1. The van der Waals surface area contributed by atoms with E-state index < -0.39 is 0 Å². The zero-order valence-electron chi connectivity index (χ0n) is 16.3. The van der Waals surface area contributed by atoms with E-state index in [1.54, 1.807) is 31.5 Å². The van der Waals surface area contributed by atoms with Gasteiger partial charge in [-0.25, -0.2) is 0 Å². The lowest BCUT2D eigenvalue weighted by Gasteiger charge is -2.12. The molecule has 0 aromatic heterocycles. The molecule has 2 aromatic rings. The van der Waals surface area contributed by atoms with E-state index in [2.05, 4.69) is 21.2 Å². The summed E-state index contributed by atoms with van der Waals surface area (Å²) < 4.78 is 11.0. The van der Waals surface area contributed by atoms with E-state index in [9.17, 15) is 4.79 Å². The standard InChI is InChI=1S/C20H24N4O3S/c1-13-5-7-16(14(2)9-13)23-19(25)12-27-17-8-6-15(10-18(17)26-4)11-22-24-20(28)21-3/h5-11H,12H2,1-4H3,(H,23,25)(H2,21,24,28)/b22-11+. The Morgan fingerprint density at radius 1 is 1.18 bits per heavy atom. The Labute approximate surface area is 170 Å². The van der Waals surface area contributed by atoms with Crippen LogP contribution in [0.1, 0.15) is 16.7 Å². The number of carbonyl (C=O) groups is 1. The lowest BCUT2D eigenvalue weighted by Crippen LogP contribution is -2.28. The van der Waals surface area contributed by atoms with Crippen molar-refractivity contribution in [3.63, 3.8) is 0 Å². The molecule has 0 radical (unpaired) electrons. The predicted octanol–water partition coefficient (Wildman–Crippen LogP) is 2.76. The molecule has 2 aromatic carbocycles. The second kappa shape index (κ2) is 10.3. The van der Waals surface area contributed by atoms with Crippen LogP contribution < -0.4 is 25.5 Å². The van der Waals surface area contributed by atoms with Crippen molar-refractivity contribution in [1.82, 2.24) is 10.7 Å². The first-order valence-corrected chi connectivity index (χ1v) is 9.02. The highest BCUT2D eigenvalue weighted by Crippen LogP contribution is 2.27. The summed E-state index contributed by atoms with van der Waals surface area (Å²) in [4.78, 5) is 12.2. The maximum Gasteiger partial charge on any atom is 0.262 e. The molecule has 0 bridgehead atoms. The molecule has 148 valence electrons. The monoisotopic (exact) mass is 400 g/mol. The van der Waals surface area contributed by atoms with Gasteiger partial charge >= 0.3 is 0 Å². The van der Waals surface area contributed by atoms with Crippen LogP contribution >= 0.6 is 12.2 Å². The summed E-state index contributed by atoms with van der Waals surface area (Å²) in [7, 11) is 3.24. The molecule has 0 aliphatic rings.